The Bertz CT molecular complexity index is 681. The van der Waals surface area contributed by atoms with E-state index in [-0.39, 0.29) is 17.5 Å². The van der Waals surface area contributed by atoms with Gasteiger partial charge < -0.3 is 9.84 Å². The largest absolute Gasteiger partial charge is 0.392 e. The summed E-state index contributed by atoms with van der Waals surface area (Å²) in [5.41, 5.74) is 0.444. The van der Waals surface area contributed by atoms with E-state index in [0.29, 0.717) is 12.2 Å². The van der Waals surface area contributed by atoms with Crippen molar-refractivity contribution in [1.82, 2.24) is 4.31 Å². The van der Waals surface area contributed by atoms with Gasteiger partial charge in [0.15, 0.2) is 0 Å². The molecule has 1 unspecified atom stereocenters. The second kappa shape index (κ2) is 8.97. The Morgan fingerprint density at radius 1 is 1.19 bits per heavy atom. The topological polar surface area (TPSA) is 66.8 Å². The first-order valence-corrected chi connectivity index (χ1v) is 14.6. The maximum absolute atomic E-state index is 13.7. The van der Waals surface area contributed by atoms with Crippen LogP contribution in [-0.4, -0.2) is 44.4 Å². The molecule has 0 spiro atoms. The van der Waals surface area contributed by atoms with E-state index in [2.05, 4.69) is 19.6 Å². The number of aliphatic hydroxyl groups excluding tert-OH is 1. The molecule has 26 heavy (non-hydrogen) atoms. The summed E-state index contributed by atoms with van der Waals surface area (Å²) < 4.78 is 35.2. The lowest BCUT2D eigenvalue weighted by Gasteiger charge is -2.43. The zero-order chi connectivity index (χ0) is 19.4. The second-order valence-corrected chi connectivity index (χ2v) is 15.1. The summed E-state index contributed by atoms with van der Waals surface area (Å²) in [7, 11) is -5.73. The Morgan fingerprint density at radius 3 is 2.35 bits per heavy atom. The fraction of sp³-hybridized carbons (Fsp3) is 0.684. The first-order valence-electron chi connectivity index (χ1n) is 9.57. The SMILES string of the molecule is CCOC(N(C1CCCCC1)S(=O)(=O)c1ccccc1CO)[Si](C)(C)C. The molecule has 0 amide bonds. The molecule has 1 aromatic rings. The highest BCUT2D eigenvalue weighted by atomic mass is 32.2. The van der Waals surface area contributed by atoms with E-state index in [4.69, 9.17) is 4.74 Å². The van der Waals surface area contributed by atoms with Gasteiger partial charge in [0.05, 0.1) is 19.6 Å². The average Bonchev–Trinajstić information content (AvgIpc) is 2.61. The van der Waals surface area contributed by atoms with Gasteiger partial charge in [0, 0.05) is 12.6 Å². The highest BCUT2D eigenvalue weighted by Crippen LogP contribution is 2.34. The van der Waals surface area contributed by atoms with E-state index in [1.807, 2.05) is 6.92 Å². The predicted octanol–water partition coefficient (Wildman–Crippen LogP) is 3.74. The van der Waals surface area contributed by atoms with Gasteiger partial charge in [-0.2, -0.15) is 4.31 Å². The van der Waals surface area contributed by atoms with Crippen molar-refractivity contribution in [3.05, 3.63) is 29.8 Å². The van der Waals surface area contributed by atoms with Crippen molar-refractivity contribution < 1.29 is 18.3 Å². The van der Waals surface area contributed by atoms with E-state index in [0.717, 1.165) is 32.1 Å². The zero-order valence-electron chi connectivity index (χ0n) is 16.4. The lowest BCUT2D eigenvalue weighted by Crippen LogP contribution is -2.58. The number of aliphatic hydroxyl groups is 1. The molecule has 5 nitrogen and oxygen atoms in total. The van der Waals surface area contributed by atoms with Gasteiger partial charge in [0.25, 0.3) is 0 Å². The fourth-order valence-electron chi connectivity index (χ4n) is 3.71. The number of ether oxygens (including phenoxy) is 1. The van der Waals surface area contributed by atoms with Crippen LogP contribution < -0.4 is 0 Å². The monoisotopic (exact) mass is 399 g/mol. The number of sulfonamides is 1. The van der Waals surface area contributed by atoms with E-state index in [9.17, 15) is 13.5 Å². The molecule has 1 atom stereocenters. The molecule has 1 aliphatic rings. The molecule has 148 valence electrons. The minimum Gasteiger partial charge on any atom is -0.392 e. The van der Waals surface area contributed by atoms with Crippen LogP contribution in [0.15, 0.2) is 29.2 Å². The summed E-state index contributed by atoms with van der Waals surface area (Å²) >= 11 is 0. The zero-order valence-corrected chi connectivity index (χ0v) is 18.3. The summed E-state index contributed by atoms with van der Waals surface area (Å²) in [6.45, 7) is 8.56. The quantitative estimate of drug-likeness (QED) is 0.534. The molecule has 2 rings (SSSR count). The first-order chi connectivity index (χ1) is 12.2. The van der Waals surface area contributed by atoms with Crippen LogP contribution in [0.25, 0.3) is 0 Å². The fourth-order valence-corrected chi connectivity index (χ4v) is 8.58. The summed E-state index contributed by atoms with van der Waals surface area (Å²) in [5.74, 6) is -0.410. The van der Waals surface area contributed by atoms with Crippen molar-refractivity contribution >= 4 is 18.1 Å². The summed E-state index contributed by atoms with van der Waals surface area (Å²) in [4.78, 5) is 0.205. The van der Waals surface area contributed by atoms with E-state index in [1.165, 1.54) is 0 Å². The van der Waals surface area contributed by atoms with E-state index < -0.39 is 23.9 Å². The van der Waals surface area contributed by atoms with Gasteiger partial charge in [-0.25, -0.2) is 8.42 Å². The number of nitrogens with zero attached hydrogens (tertiary/aromatic N) is 1. The third kappa shape index (κ3) is 4.75. The van der Waals surface area contributed by atoms with Crippen molar-refractivity contribution in [2.75, 3.05) is 6.61 Å². The molecule has 1 saturated carbocycles. The molecule has 0 bridgehead atoms. The van der Waals surface area contributed by atoms with Crippen LogP contribution in [-0.2, 0) is 21.4 Å². The van der Waals surface area contributed by atoms with Crippen LogP contribution in [0.3, 0.4) is 0 Å². The number of rotatable bonds is 8. The van der Waals surface area contributed by atoms with Gasteiger partial charge in [0.1, 0.15) is 5.85 Å². The summed E-state index contributed by atoms with van der Waals surface area (Å²) in [6, 6.07) is 6.72. The van der Waals surface area contributed by atoms with E-state index in [1.54, 1.807) is 28.6 Å². The minimum atomic E-state index is -3.76. The maximum atomic E-state index is 13.7. The smallest absolute Gasteiger partial charge is 0.245 e. The number of hydrogen-bond donors (Lipinski definition) is 1. The van der Waals surface area contributed by atoms with Gasteiger partial charge in [-0.1, -0.05) is 57.1 Å². The number of benzene rings is 1. The second-order valence-electron chi connectivity index (χ2n) is 8.07. The molecular weight excluding hydrogens is 366 g/mol. The minimum absolute atomic E-state index is 0.0382. The van der Waals surface area contributed by atoms with Crippen molar-refractivity contribution in [3.63, 3.8) is 0 Å². The molecule has 0 radical (unpaired) electrons. The molecule has 0 saturated heterocycles. The third-order valence-electron chi connectivity index (χ3n) is 4.93. The van der Waals surface area contributed by atoms with Crippen LogP contribution in [0.5, 0.6) is 0 Å². The molecule has 7 heteroatoms. The Hall–Kier alpha value is -0.733. The summed E-state index contributed by atoms with van der Waals surface area (Å²) in [5, 5.41) is 9.67. The molecular formula is C19H33NO4SSi. The molecule has 0 aliphatic heterocycles. The summed E-state index contributed by atoms with van der Waals surface area (Å²) in [6.07, 6.45) is 4.98. The van der Waals surface area contributed by atoms with Crippen molar-refractivity contribution in [1.29, 1.82) is 0 Å². The van der Waals surface area contributed by atoms with Gasteiger partial charge >= 0.3 is 0 Å². The lowest BCUT2D eigenvalue weighted by atomic mass is 9.96. The molecule has 0 heterocycles. The van der Waals surface area contributed by atoms with Crippen LogP contribution >= 0.6 is 0 Å². The highest BCUT2D eigenvalue weighted by Gasteiger charge is 2.44. The van der Waals surface area contributed by atoms with Crippen LogP contribution in [0.1, 0.15) is 44.6 Å². The molecule has 1 aromatic carbocycles. The Morgan fingerprint density at radius 2 is 1.81 bits per heavy atom. The average molecular weight is 400 g/mol. The van der Waals surface area contributed by atoms with Crippen LogP contribution in [0.4, 0.5) is 0 Å². The van der Waals surface area contributed by atoms with Gasteiger partial charge in [-0.05, 0) is 31.4 Å². The van der Waals surface area contributed by atoms with Crippen molar-refractivity contribution in [2.45, 2.75) is 82.1 Å². The predicted molar refractivity (Wildman–Crippen MR) is 107 cm³/mol. The van der Waals surface area contributed by atoms with Gasteiger partial charge in [0.2, 0.25) is 10.0 Å². The Kier molecular flexibility index (Phi) is 7.44. The maximum Gasteiger partial charge on any atom is 0.245 e. The lowest BCUT2D eigenvalue weighted by molar-refractivity contribution is 0.0129. The number of hydrogen-bond acceptors (Lipinski definition) is 4. The van der Waals surface area contributed by atoms with Gasteiger partial charge in [-0.15, -0.1) is 0 Å². The van der Waals surface area contributed by atoms with Crippen LogP contribution in [0.2, 0.25) is 19.6 Å². The van der Waals surface area contributed by atoms with Gasteiger partial charge in [-0.3, -0.25) is 0 Å². The standard InChI is InChI=1S/C19H33NO4SSi/c1-5-24-19(26(2,3)4)20(17-12-7-6-8-13-17)25(22,23)18-14-10-9-11-16(18)15-21/h9-11,14,17,19,21H,5-8,12-13,15H2,1-4H3. The van der Waals surface area contributed by atoms with Crippen molar-refractivity contribution in [2.24, 2.45) is 0 Å². The Balaban J connectivity index is 2.57. The Labute approximate surface area is 159 Å². The molecule has 1 N–H and O–H groups in total. The normalized spacial score (nSPS) is 18.2. The highest BCUT2D eigenvalue weighted by molar-refractivity contribution is 7.89. The molecule has 0 aromatic heterocycles. The third-order valence-corrected chi connectivity index (χ3v) is 9.04. The molecule has 1 fully saturated rings. The molecule has 1 aliphatic carbocycles. The van der Waals surface area contributed by atoms with E-state index >= 15 is 0 Å². The van der Waals surface area contributed by atoms with Crippen molar-refractivity contribution in [3.8, 4) is 0 Å². The first kappa shape index (κ1) is 21.6. The van der Waals surface area contributed by atoms with Crippen LogP contribution in [0, 0.1) is 0 Å².